The minimum atomic E-state index is -0.525. The van der Waals surface area contributed by atoms with Crippen LogP contribution in [0.1, 0.15) is 21.5 Å². The van der Waals surface area contributed by atoms with E-state index in [4.69, 9.17) is 0 Å². The van der Waals surface area contributed by atoms with Gasteiger partial charge < -0.3 is 10.6 Å². The van der Waals surface area contributed by atoms with Crippen molar-refractivity contribution in [3.05, 3.63) is 112 Å². The molecular formula is C22H18N4O4. The summed E-state index contributed by atoms with van der Waals surface area (Å²) in [6.45, 7) is 0.231. The number of non-ortho nitro benzene ring substituents is 1. The number of nitro benzene ring substituents is 1. The lowest BCUT2D eigenvalue weighted by molar-refractivity contribution is -0.384. The van der Waals surface area contributed by atoms with Crippen molar-refractivity contribution in [2.24, 2.45) is 0 Å². The molecule has 0 radical (unpaired) electrons. The van der Waals surface area contributed by atoms with Crippen LogP contribution in [0.15, 0.2) is 84.8 Å². The van der Waals surface area contributed by atoms with Gasteiger partial charge in [0.15, 0.2) is 0 Å². The Bertz CT molecular complexity index is 1080. The summed E-state index contributed by atoms with van der Waals surface area (Å²) in [5.74, 6) is -0.992. The molecule has 1 heterocycles. The second-order valence-electron chi connectivity index (χ2n) is 6.27. The normalized spacial score (nSPS) is 10.9. The first-order valence-electron chi connectivity index (χ1n) is 9.02. The standard InChI is InChI=1S/C22H18N4O4/c27-21(18-6-2-1-3-7-18)25-20(14-17-5-4-8-19(13-17)26(29)30)22(28)24-15-16-9-11-23-12-10-16/h1-14H,15H2,(H,24,28)(H,25,27). The second kappa shape index (κ2) is 9.74. The van der Waals surface area contributed by atoms with E-state index in [-0.39, 0.29) is 17.9 Å². The van der Waals surface area contributed by atoms with Gasteiger partial charge in [-0.1, -0.05) is 30.3 Å². The van der Waals surface area contributed by atoms with E-state index < -0.39 is 16.7 Å². The number of carbonyl (C=O) groups is 2. The monoisotopic (exact) mass is 402 g/mol. The number of nitrogens with zero attached hydrogens (tertiary/aromatic N) is 2. The van der Waals surface area contributed by atoms with Crippen LogP contribution in [-0.4, -0.2) is 21.7 Å². The summed E-state index contributed by atoms with van der Waals surface area (Å²) >= 11 is 0. The number of aromatic nitrogens is 1. The zero-order chi connectivity index (χ0) is 21.3. The molecule has 0 bridgehead atoms. The number of rotatable bonds is 7. The Balaban J connectivity index is 1.85. The van der Waals surface area contributed by atoms with Crippen LogP contribution in [0.25, 0.3) is 6.08 Å². The maximum absolute atomic E-state index is 12.8. The fourth-order valence-corrected chi connectivity index (χ4v) is 2.62. The zero-order valence-corrected chi connectivity index (χ0v) is 15.8. The van der Waals surface area contributed by atoms with Crippen LogP contribution in [-0.2, 0) is 11.3 Å². The van der Waals surface area contributed by atoms with E-state index in [0.717, 1.165) is 5.56 Å². The Morgan fingerprint density at radius 1 is 1.00 bits per heavy atom. The minimum absolute atomic E-state index is 0.0293. The molecule has 1 aromatic heterocycles. The van der Waals surface area contributed by atoms with Crippen molar-refractivity contribution >= 4 is 23.6 Å². The number of nitrogens with one attached hydrogen (secondary N) is 2. The molecule has 0 saturated carbocycles. The van der Waals surface area contributed by atoms with Gasteiger partial charge in [-0.25, -0.2) is 0 Å². The van der Waals surface area contributed by atoms with Gasteiger partial charge in [-0.2, -0.15) is 0 Å². The van der Waals surface area contributed by atoms with Crippen molar-refractivity contribution in [2.75, 3.05) is 0 Å². The number of nitro groups is 1. The van der Waals surface area contributed by atoms with E-state index in [0.29, 0.717) is 11.1 Å². The van der Waals surface area contributed by atoms with E-state index in [1.54, 1.807) is 60.9 Å². The minimum Gasteiger partial charge on any atom is -0.347 e. The number of carbonyl (C=O) groups excluding carboxylic acids is 2. The Hall–Kier alpha value is -4.33. The lowest BCUT2D eigenvalue weighted by atomic mass is 10.1. The molecular weight excluding hydrogens is 384 g/mol. The summed E-state index contributed by atoms with van der Waals surface area (Å²) in [5.41, 5.74) is 1.48. The van der Waals surface area contributed by atoms with Gasteiger partial charge in [0.25, 0.3) is 17.5 Å². The van der Waals surface area contributed by atoms with Crippen molar-refractivity contribution in [1.82, 2.24) is 15.6 Å². The van der Waals surface area contributed by atoms with E-state index in [2.05, 4.69) is 15.6 Å². The van der Waals surface area contributed by atoms with Crippen LogP contribution >= 0.6 is 0 Å². The predicted octanol–water partition coefficient (Wildman–Crippen LogP) is 3.08. The fraction of sp³-hybridized carbons (Fsp3) is 0.0455. The molecule has 2 N–H and O–H groups in total. The van der Waals surface area contributed by atoms with E-state index in [9.17, 15) is 19.7 Å². The molecule has 2 amide bonds. The summed E-state index contributed by atoms with van der Waals surface area (Å²) in [4.78, 5) is 39.7. The Morgan fingerprint density at radius 2 is 1.73 bits per heavy atom. The zero-order valence-electron chi connectivity index (χ0n) is 15.8. The van der Waals surface area contributed by atoms with Crippen LogP contribution < -0.4 is 10.6 Å². The molecule has 150 valence electrons. The molecule has 2 aromatic carbocycles. The largest absolute Gasteiger partial charge is 0.347 e. The van der Waals surface area contributed by atoms with Crippen molar-refractivity contribution in [1.29, 1.82) is 0 Å². The topological polar surface area (TPSA) is 114 Å². The summed E-state index contributed by atoms with van der Waals surface area (Å²) in [5, 5.41) is 16.4. The Kier molecular flexibility index (Phi) is 6.63. The highest BCUT2D eigenvalue weighted by molar-refractivity contribution is 6.05. The molecule has 0 spiro atoms. The second-order valence-corrected chi connectivity index (χ2v) is 6.27. The molecule has 0 aliphatic heterocycles. The van der Waals surface area contributed by atoms with Crippen molar-refractivity contribution in [3.63, 3.8) is 0 Å². The van der Waals surface area contributed by atoms with E-state index in [1.807, 2.05) is 0 Å². The first kappa shape index (κ1) is 20.4. The molecule has 8 heteroatoms. The first-order chi connectivity index (χ1) is 14.5. The summed E-state index contributed by atoms with van der Waals surface area (Å²) in [6.07, 6.45) is 4.62. The van der Waals surface area contributed by atoms with Crippen LogP contribution in [0.3, 0.4) is 0 Å². The van der Waals surface area contributed by atoms with Crippen molar-refractivity contribution in [3.8, 4) is 0 Å². The van der Waals surface area contributed by atoms with E-state index >= 15 is 0 Å². The Labute approximate surface area is 172 Å². The first-order valence-corrected chi connectivity index (χ1v) is 9.02. The number of hydrogen-bond donors (Lipinski definition) is 2. The maximum atomic E-state index is 12.8. The lowest BCUT2D eigenvalue weighted by Gasteiger charge is -2.11. The molecule has 0 atom stereocenters. The highest BCUT2D eigenvalue weighted by Crippen LogP contribution is 2.15. The SMILES string of the molecule is O=C(NCc1ccncc1)C(=Cc1cccc([N+](=O)[O-])c1)NC(=O)c1ccccc1. The average Bonchev–Trinajstić information content (AvgIpc) is 2.78. The highest BCUT2D eigenvalue weighted by atomic mass is 16.6. The lowest BCUT2D eigenvalue weighted by Crippen LogP contribution is -2.34. The summed E-state index contributed by atoms with van der Waals surface area (Å²) in [7, 11) is 0. The van der Waals surface area contributed by atoms with Crippen LogP contribution in [0.5, 0.6) is 0 Å². The quantitative estimate of drug-likeness (QED) is 0.358. The van der Waals surface area contributed by atoms with Gasteiger partial charge in [-0.3, -0.25) is 24.7 Å². The maximum Gasteiger partial charge on any atom is 0.270 e. The Morgan fingerprint density at radius 3 is 2.43 bits per heavy atom. The summed E-state index contributed by atoms with van der Waals surface area (Å²) < 4.78 is 0. The van der Waals surface area contributed by atoms with Crippen molar-refractivity contribution in [2.45, 2.75) is 6.54 Å². The number of hydrogen-bond acceptors (Lipinski definition) is 5. The molecule has 0 aliphatic rings. The van der Waals surface area contributed by atoms with Crippen molar-refractivity contribution < 1.29 is 14.5 Å². The van der Waals surface area contributed by atoms with Gasteiger partial charge >= 0.3 is 0 Å². The van der Waals surface area contributed by atoms with Gasteiger partial charge in [0.1, 0.15) is 5.70 Å². The number of pyridine rings is 1. The average molecular weight is 402 g/mol. The van der Waals surface area contributed by atoms with E-state index in [1.165, 1.54) is 24.3 Å². The van der Waals surface area contributed by atoms with Gasteiger partial charge in [-0.15, -0.1) is 0 Å². The fourth-order valence-electron chi connectivity index (χ4n) is 2.62. The third-order valence-electron chi connectivity index (χ3n) is 4.12. The van der Waals surface area contributed by atoms with Crippen LogP contribution in [0.4, 0.5) is 5.69 Å². The predicted molar refractivity (Wildman–Crippen MR) is 111 cm³/mol. The summed E-state index contributed by atoms with van der Waals surface area (Å²) in [6, 6.07) is 17.7. The molecule has 0 saturated heterocycles. The number of benzene rings is 2. The number of amides is 2. The van der Waals surface area contributed by atoms with Gasteiger partial charge in [0.2, 0.25) is 0 Å². The molecule has 0 fully saturated rings. The highest BCUT2D eigenvalue weighted by Gasteiger charge is 2.15. The smallest absolute Gasteiger partial charge is 0.270 e. The molecule has 0 unspecified atom stereocenters. The third kappa shape index (κ3) is 5.59. The van der Waals surface area contributed by atoms with Crippen LogP contribution in [0, 0.1) is 10.1 Å². The van der Waals surface area contributed by atoms with Gasteiger partial charge in [-0.05, 0) is 41.5 Å². The molecule has 30 heavy (non-hydrogen) atoms. The molecule has 3 aromatic rings. The third-order valence-corrected chi connectivity index (χ3v) is 4.12. The van der Waals surface area contributed by atoms with Crippen LogP contribution in [0.2, 0.25) is 0 Å². The van der Waals surface area contributed by atoms with Gasteiger partial charge in [0, 0.05) is 36.6 Å². The molecule has 3 rings (SSSR count). The molecule has 8 nitrogen and oxygen atoms in total. The molecule has 0 aliphatic carbocycles. The van der Waals surface area contributed by atoms with Gasteiger partial charge in [0.05, 0.1) is 4.92 Å².